The van der Waals surface area contributed by atoms with Crippen LogP contribution in [0.1, 0.15) is 33.1 Å². The van der Waals surface area contributed by atoms with Crippen molar-refractivity contribution >= 4 is 5.91 Å². The fourth-order valence-electron chi connectivity index (χ4n) is 2.72. The van der Waals surface area contributed by atoms with Crippen LogP contribution in [0.25, 0.3) is 0 Å². The molecular weight excluding hydrogens is 264 g/mol. The largest absolute Gasteiger partial charge is 0.481 e. The summed E-state index contributed by atoms with van der Waals surface area (Å²) in [5.41, 5.74) is 0. The summed E-state index contributed by atoms with van der Waals surface area (Å²) in [6, 6.07) is 3.39. The Morgan fingerprint density at radius 3 is 2.55 bits per heavy atom. The van der Waals surface area contributed by atoms with Crippen molar-refractivity contribution < 1.29 is 18.3 Å². The molecule has 1 amide bonds. The lowest BCUT2D eigenvalue weighted by Crippen LogP contribution is -2.49. The van der Waals surface area contributed by atoms with Crippen molar-refractivity contribution in [1.82, 2.24) is 4.90 Å². The van der Waals surface area contributed by atoms with Crippen molar-refractivity contribution in [3.05, 3.63) is 29.8 Å². The number of piperidine rings is 1. The Hall–Kier alpha value is -1.65. The van der Waals surface area contributed by atoms with Crippen molar-refractivity contribution in [2.75, 3.05) is 6.61 Å². The van der Waals surface area contributed by atoms with Gasteiger partial charge < -0.3 is 9.64 Å². The van der Waals surface area contributed by atoms with Crippen molar-refractivity contribution in [3.63, 3.8) is 0 Å². The monoisotopic (exact) mass is 283 g/mol. The van der Waals surface area contributed by atoms with Crippen LogP contribution in [0.5, 0.6) is 5.75 Å². The van der Waals surface area contributed by atoms with Gasteiger partial charge in [-0.05, 0) is 45.2 Å². The third-order valence-corrected chi connectivity index (χ3v) is 3.73. The molecule has 1 heterocycles. The first-order chi connectivity index (χ1) is 9.49. The Balaban J connectivity index is 1.97. The minimum Gasteiger partial charge on any atom is -0.481 e. The van der Waals surface area contributed by atoms with Gasteiger partial charge in [0.2, 0.25) is 0 Å². The van der Waals surface area contributed by atoms with Gasteiger partial charge in [-0.25, -0.2) is 8.78 Å². The van der Waals surface area contributed by atoms with E-state index in [1.165, 1.54) is 6.07 Å². The molecule has 0 radical (unpaired) electrons. The van der Waals surface area contributed by atoms with Crippen LogP contribution < -0.4 is 4.74 Å². The first kappa shape index (κ1) is 14.8. The van der Waals surface area contributed by atoms with Gasteiger partial charge in [0.05, 0.1) is 0 Å². The zero-order chi connectivity index (χ0) is 14.7. The van der Waals surface area contributed by atoms with Gasteiger partial charge in [-0.15, -0.1) is 0 Å². The fraction of sp³-hybridized carbons (Fsp3) is 0.533. The molecule has 1 aliphatic rings. The Morgan fingerprint density at radius 2 is 1.95 bits per heavy atom. The molecule has 0 unspecified atom stereocenters. The molecule has 1 aromatic rings. The highest BCUT2D eigenvalue weighted by molar-refractivity contribution is 5.78. The standard InChI is InChI=1S/C15H19F2NO2/c1-10-4-3-5-11(2)18(10)15(19)9-20-14-7-6-12(16)8-13(14)17/h6-8,10-11H,3-5,9H2,1-2H3/t10-,11-/m1/s1. The topological polar surface area (TPSA) is 29.5 Å². The Kier molecular flexibility index (Phi) is 4.57. The van der Waals surface area contributed by atoms with Crippen LogP contribution in [0, 0.1) is 11.6 Å². The van der Waals surface area contributed by atoms with Crippen molar-refractivity contribution in [3.8, 4) is 5.75 Å². The summed E-state index contributed by atoms with van der Waals surface area (Å²) in [4.78, 5) is 14.0. The number of hydrogen-bond acceptors (Lipinski definition) is 2. The maximum absolute atomic E-state index is 13.4. The smallest absolute Gasteiger partial charge is 0.260 e. The van der Waals surface area contributed by atoms with E-state index in [1.807, 2.05) is 13.8 Å². The van der Waals surface area contributed by atoms with Crippen molar-refractivity contribution in [2.24, 2.45) is 0 Å². The quantitative estimate of drug-likeness (QED) is 0.853. The number of hydrogen-bond donors (Lipinski definition) is 0. The van der Waals surface area contributed by atoms with Gasteiger partial charge in [0.1, 0.15) is 5.82 Å². The predicted molar refractivity (Wildman–Crippen MR) is 71.5 cm³/mol. The van der Waals surface area contributed by atoms with Crippen LogP contribution in [0.4, 0.5) is 8.78 Å². The second-order valence-corrected chi connectivity index (χ2v) is 5.29. The minimum atomic E-state index is -0.794. The lowest BCUT2D eigenvalue weighted by molar-refractivity contribution is -0.139. The maximum atomic E-state index is 13.4. The molecule has 1 fully saturated rings. The highest BCUT2D eigenvalue weighted by Crippen LogP contribution is 2.23. The number of ether oxygens (including phenoxy) is 1. The van der Waals surface area contributed by atoms with E-state index in [1.54, 1.807) is 4.90 Å². The van der Waals surface area contributed by atoms with Gasteiger partial charge in [-0.2, -0.15) is 0 Å². The molecule has 3 nitrogen and oxygen atoms in total. The summed E-state index contributed by atoms with van der Waals surface area (Å²) >= 11 is 0. The number of amides is 1. The summed E-state index contributed by atoms with van der Waals surface area (Å²) in [7, 11) is 0. The van der Waals surface area contributed by atoms with Crippen LogP contribution in [0.15, 0.2) is 18.2 Å². The first-order valence-electron chi connectivity index (χ1n) is 6.88. The molecule has 0 bridgehead atoms. The molecule has 0 saturated carbocycles. The molecule has 110 valence electrons. The lowest BCUT2D eigenvalue weighted by atomic mass is 9.97. The Bertz CT molecular complexity index is 483. The molecule has 1 aromatic carbocycles. The molecule has 0 spiro atoms. The molecule has 2 atom stereocenters. The van der Waals surface area contributed by atoms with Crippen LogP contribution in [-0.2, 0) is 4.79 Å². The second kappa shape index (κ2) is 6.20. The van der Waals surface area contributed by atoms with E-state index in [2.05, 4.69) is 0 Å². The fourth-order valence-corrected chi connectivity index (χ4v) is 2.72. The normalized spacial score (nSPS) is 22.7. The number of carbonyl (C=O) groups excluding carboxylic acids is 1. The van der Waals surface area contributed by atoms with E-state index in [4.69, 9.17) is 4.74 Å². The van der Waals surface area contributed by atoms with E-state index in [9.17, 15) is 13.6 Å². The third kappa shape index (κ3) is 3.26. The summed E-state index contributed by atoms with van der Waals surface area (Å²) < 4.78 is 31.3. The van der Waals surface area contributed by atoms with Gasteiger partial charge in [0.25, 0.3) is 5.91 Å². The second-order valence-electron chi connectivity index (χ2n) is 5.29. The predicted octanol–water partition coefficient (Wildman–Crippen LogP) is 3.13. The Morgan fingerprint density at radius 1 is 1.30 bits per heavy atom. The summed E-state index contributed by atoms with van der Waals surface area (Å²) in [6.45, 7) is 3.79. The molecule has 2 rings (SSSR count). The van der Waals surface area contributed by atoms with Gasteiger partial charge in [-0.1, -0.05) is 0 Å². The number of benzene rings is 1. The molecule has 0 aromatic heterocycles. The van der Waals surface area contributed by atoms with E-state index in [-0.39, 0.29) is 30.3 Å². The Labute approximate surface area is 117 Å². The summed E-state index contributed by atoms with van der Waals surface area (Å²) in [5, 5.41) is 0. The number of carbonyl (C=O) groups is 1. The number of rotatable bonds is 3. The van der Waals surface area contributed by atoms with Gasteiger partial charge >= 0.3 is 0 Å². The first-order valence-corrected chi connectivity index (χ1v) is 6.88. The van der Waals surface area contributed by atoms with E-state index >= 15 is 0 Å². The number of halogens is 2. The zero-order valence-corrected chi connectivity index (χ0v) is 11.7. The number of nitrogens with zero attached hydrogens (tertiary/aromatic N) is 1. The molecule has 0 aliphatic carbocycles. The zero-order valence-electron chi connectivity index (χ0n) is 11.7. The molecule has 0 N–H and O–H groups in total. The van der Waals surface area contributed by atoms with E-state index in [0.717, 1.165) is 31.4 Å². The van der Waals surface area contributed by atoms with Gasteiger partial charge in [0.15, 0.2) is 18.2 Å². The average molecular weight is 283 g/mol. The maximum Gasteiger partial charge on any atom is 0.260 e. The summed E-state index contributed by atoms with van der Waals surface area (Å²) in [6.07, 6.45) is 3.06. The van der Waals surface area contributed by atoms with Gasteiger partial charge in [0, 0.05) is 18.2 Å². The van der Waals surface area contributed by atoms with Crippen LogP contribution in [0.2, 0.25) is 0 Å². The van der Waals surface area contributed by atoms with Crippen LogP contribution in [-0.4, -0.2) is 29.5 Å². The SMILES string of the molecule is C[C@@H]1CCC[C@@H](C)N1C(=O)COc1ccc(F)cc1F. The average Bonchev–Trinajstić information content (AvgIpc) is 2.37. The van der Waals surface area contributed by atoms with Gasteiger partial charge in [-0.3, -0.25) is 4.79 Å². The molecule has 1 aliphatic heterocycles. The lowest BCUT2D eigenvalue weighted by Gasteiger charge is -2.38. The van der Waals surface area contributed by atoms with Crippen molar-refractivity contribution in [1.29, 1.82) is 0 Å². The van der Waals surface area contributed by atoms with E-state index in [0.29, 0.717) is 0 Å². The minimum absolute atomic E-state index is 0.0999. The third-order valence-electron chi connectivity index (χ3n) is 3.73. The van der Waals surface area contributed by atoms with Crippen LogP contribution in [0.3, 0.4) is 0 Å². The molecule has 1 saturated heterocycles. The summed E-state index contributed by atoms with van der Waals surface area (Å²) in [5.74, 6) is -1.72. The number of likely N-dealkylation sites (tertiary alicyclic amines) is 1. The highest BCUT2D eigenvalue weighted by atomic mass is 19.1. The molecular formula is C15H19F2NO2. The van der Waals surface area contributed by atoms with Crippen molar-refractivity contribution in [2.45, 2.75) is 45.2 Å². The highest BCUT2D eigenvalue weighted by Gasteiger charge is 2.29. The molecule has 20 heavy (non-hydrogen) atoms. The van der Waals surface area contributed by atoms with E-state index < -0.39 is 11.6 Å². The molecule has 5 heteroatoms. The van der Waals surface area contributed by atoms with Crippen LogP contribution >= 0.6 is 0 Å².